The lowest BCUT2D eigenvalue weighted by Gasteiger charge is -2.58. The van der Waals surface area contributed by atoms with Crippen molar-refractivity contribution in [1.29, 1.82) is 0 Å². The van der Waals surface area contributed by atoms with Crippen LogP contribution < -0.4 is 5.32 Å². The lowest BCUT2D eigenvalue weighted by molar-refractivity contribution is -0.136. The Morgan fingerprint density at radius 1 is 1.18 bits per heavy atom. The standard InChI is InChI=1S/C29H49NO3/c1-19(10-14-27(2,3)33)23-8-9-24-22-7-6-20-18-21(30-17-13-26(31)32)11-15-28(20,4)25(22)12-16-29(23,24)5/h6,19,21-25,30,33H,7-18H2,1-5H3,(H,31,32). The second-order valence-electron chi connectivity index (χ2n) is 13.4. The highest BCUT2D eigenvalue weighted by molar-refractivity contribution is 5.66. The van der Waals surface area contributed by atoms with Gasteiger partial charge in [0.2, 0.25) is 0 Å². The second kappa shape index (κ2) is 9.30. The Hall–Kier alpha value is -0.870. The molecule has 0 bridgehead atoms. The maximum absolute atomic E-state index is 10.9. The van der Waals surface area contributed by atoms with Gasteiger partial charge >= 0.3 is 5.97 Å². The number of hydrogen-bond acceptors (Lipinski definition) is 3. The van der Waals surface area contributed by atoms with Crippen LogP contribution in [0.3, 0.4) is 0 Å². The number of aliphatic carboxylic acids is 1. The molecule has 3 fully saturated rings. The van der Waals surface area contributed by atoms with Crippen LogP contribution >= 0.6 is 0 Å². The molecule has 0 heterocycles. The van der Waals surface area contributed by atoms with E-state index in [2.05, 4.69) is 32.2 Å². The fraction of sp³-hybridized carbons (Fsp3) is 0.897. The number of aliphatic hydroxyl groups is 1. The summed E-state index contributed by atoms with van der Waals surface area (Å²) in [7, 11) is 0. The van der Waals surface area contributed by atoms with Crippen LogP contribution in [0.4, 0.5) is 0 Å². The van der Waals surface area contributed by atoms with Crippen LogP contribution in [-0.2, 0) is 4.79 Å². The maximum atomic E-state index is 10.9. The molecule has 0 amide bonds. The number of allylic oxidation sites excluding steroid dienone is 1. The van der Waals surface area contributed by atoms with Gasteiger partial charge in [0.25, 0.3) is 0 Å². The van der Waals surface area contributed by atoms with Crippen LogP contribution in [-0.4, -0.2) is 34.4 Å². The van der Waals surface area contributed by atoms with E-state index in [1.807, 2.05) is 13.8 Å². The van der Waals surface area contributed by atoms with E-state index in [1.54, 1.807) is 5.57 Å². The zero-order valence-electron chi connectivity index (χ0n) is 21.8. The SMILES string of the molecule is CC(CCC(C)(C)O)C1CCC2C3CC=C4CC(NCCC(=O)O)CCC4(C)C3CCC12C. The van der Waals surface area contributed by atoms with Crippen molar-refractivity contribution in [3.63, 3.8) is 0 Å². The zero-order valence-corrected chi connectivity index (χ0v) is 21.8. The van der Waals surface area contributed by atoms with E-state index in [9.17, 15) is 9.90 Å². The lowest BCUT2D eigenvalue weighted by atomic mass is 9.47. The van der Waals surface area contributed by atoms with Gasteiger partial charge in [0.1, 0.15) is 0 Å². The summed E-state index contributed by atoms with van der Waals surface area (Å²) in [5.74, 6) is 3.30. The van der Waals surface area contributed by atoms with Crippen molar-refractivity contribution < 1.29 is 15.0 Å². The minimum atomic E-state index is -0.711. The van der Waals surface area contributed by atoms with Crippen molar-refractivity contribution in [1.82, 2.24) is 5.32 Å². The summed E-state index contributed by atoms with van der Waals surface area (Å²) in [5.41, 5.74) is 1.93. The van der Waals surface area contributed by atoms with Crippen molar-refractivity contribution in [2.45, 2.75) is 117 Å². The molecule has 3 saturated carbocycles. The van der Waals surface area contributed by atoms with Gasteiger partial charge in [-0.15, -0.1) is 0 Å². The largest absolute Gasteiger partial charge is 0.481 e. The molecular formula is C29H49NO3. The van der Waals surface area contributed by atoms with Crippen molar-refractivity contribution in [3.05, 3.63) is 11.6 Å². The van der Waals surface area contributed by atoms with Crippen molar-refractivity contribution in [2.24, 2.45) is 40.4 Å². The third-order valence-electron chi connectivity index (χ3n) is 10.8. The Labute approximate surface area is 202 Å². The number of carboxylic acids is 1. The highest BCUT2D eigenvalue weighted by atomic mass is 16.4. The first-order valence-electron chi connectivity index (χ1n) is 13.8. The van der Waals surface area contributed by atoms with Crippen LogP contribution in [0, 0.1) is 40.4 Å². The van der Waals surface area contributed by atoms with Crippen molar-refractivity contribution in [3.8, 4) is 0 Å². The molecule has 4 nitrogen and oxygen atoms in total. The first kappa shape index (κ1) is 25.2. The molecule has 0 aromatic rings. The minimum Gasteiger partial charge on any atom is -0.481 e. The van der Waals surface area contributed by atoms with Gasteiger partial charge in [0, 0.05) is 12.6 Å². The predicted octanol–water partition coefficient (Wildman–Crippen LogP) is 6.19. The van der Waals surface area contributed by atoms with E-state index in [0.29, 0.717) is 29.3 Å². The third kappa shape index (κ3) is 4.94. The number of rotatable bonds is 8. The Balaban J connectivity index is 1.43. The van der Waals surface area contributed by atoms with Gasteiger partial charge < -0.3 is 15.5 Å². The van der Waals surface area contributed by atoms with Crippen LogP contribution in [0.1, 0.15) is 105 Å². The summed E-state index contributed by atoms with van der Waals surface area (Å²) >= 11 is 0. The number of hydrogen-bond donors (Lipinski definition) is 3. The average Bonchev–Trinajstić information content (AvgIpc) is 3.08. The highest BCUT2D eigenvalue weighted by Gasteiger charge is 2.59. The molecule has 4 heteroatoms. The van der Waals surface area contributed by atoms with E-state index in [0.717, 1.165) is 42.9 Å². The summed E-state index contributed by atoms with van der Waals surface area (Å²) < 4.78 is 0. The first-order valence-corrected chi connectivity index (χ1v) is 13.8. The molecule has 8 atom stereocenters. The number of nitrogens with one attached hydrogen (secondary N) is 1. The fourth-order valence-corrected chi connectivity index (χ4v) is 8.98. The second-order valence-corrected chi connectivity index (χ2v) is 13.4. The number of carboxylic acid groups (broad SMARTS) is 1. The van der Waals surface area contributed by atoms with Crippen LogP contribution in [0.5, 0.6) is 0 Å². The molecule has 33 heavy (non-hydrogen) atoms. The van der Waals surface area contributed by atoms with Crippen molar-refractivity contribution >= 4 is 5.97 Å². The quantitative estimate of drug-likeness (QED) is 0.379. The number of fused-ring (bicyclic) bond motifs is 5. The summed E-state index contributed by atoms with van der Waals surface area (Å²) in [5, 5.41) is 22.7. The molecule has 4 aliphatic carbocycles. The Bertz CT molecular complexity index is 754. The van der Waals surface area contributed by atoms with E-state index in [1.165, 1.54) is 44.9 Å². The van der Waals surface area contributed by atoms with E-state index < -0.39 is 11.6 Å². The lowest BCUT2D eigenvalue weighted by Crippen LogP contribution is -2.51. The van der Waals surface area contributed by atoms with Crippen LogP contribution in [0.25, 0.3) is 0 Å². The van der Waals surface area contributed by atoms with Gasteiger partial charge in [0.05, 0.1) is 12.0 Å². The van der Waals surface area contributed by atoms with Gasteiger partial charge in [0.15, 0.2) is 0 Å². The van der Waals surface area contributed by atoms with Crippen LogP contribution in [0.2, 0.25) is 0 Å². The monoisotopic (exact) mass is 459 g/mol. The summed E-state index contributed by atoms with van der Waals surface area (Å²) in [6.45, 7) is 12.1. The molecule has 0 radical (unpaired) electrons. The molecule has 8 unspecified atom stereocenters. The van der Waals surface area contributed by atoms with Gasteiger partial charge in [-0.2, -0.15) is 0 Å². The fourth-order valence-electron chi connectivity index (χ4n) is 8.98. The Kier molecular flexibility index (Phi) is 7.11. The third-order valence-corrected chi connectivity index (χ3v) is 10.8. The topological polar surface area (TPSA) is 69.6 Å². The zero-order chi connectivity index (χ0) is 24.0. The molecule has 0 aromatic carbocycles. The smallest absolute Gasteiger partial charge is 0.304 e. The molecular weight excluding hydrogens is 410 g/mol. The summed E-state index contributed by atoms with van der Waals surface area (Å²) in [6, 6.07) is 0.446. The molecule has 188 valence electrons. The molecule has 3 N–H and O–H groups in total. The van der Waals surface area contributed by atoms with Gasteiger partial charge in [-0.1, -0.05) is 32.4 Å². The number of carbonyl (C=O) groups is 1. The summed E-state index contributed by atoms with van der Waals surface area (Å²) in [4.78, 5) is 10.9. The Morgan fingerprint density at radius 2 is 1.94 bits per heavy atom. The van der Waals surface area contributed by atoms with E-state index in [4.69, 9.17) is 5.11 Å². The molecule has 0 spiro atoms. The molecule has 0 aliphatic heterocycles. The van der Waals surface area contributed by atoms with E-state index >= 15 is 0 Å². The van der Waals surface area contributed by atoms with Crippen molar-refractivity contribution in [2.75, 3.05) is 6.54 Å². The van der Waals surface area contributed by atoms with E-state index in [-0.39, 0.29) is 6.42 Å². The molecule has 0 aromatic heterocycles. The molecule has 4 rings (SSSR count). The average molecular weight is 460 g/mol. The minimum absolute atomic E-state index is 0.215. The highest BCUT2D eigenvalue weighted by Crippen LogP contribution is 2.67. The van der Waals surface area contributed by atoms with Gasteiger partial charge in [-0.25, -0.2) is 0 Å². The molecule has 4 aliphatic rings. The Morgan fingerprint density at radius 3 is 2.64 bits per heavy atom. The predicted molar refractivity (Wildman–Crippen MR) is 134 cm³/mol. The first-order chi connectivity index (χ1) is 15.4. The van der Waals surface area contributed by atoms with Crippen LogP contribution in [0.15, 0.2) is 11.6 Å². The van der Waals surface area contributed by atoms with Gasteiger partial charge in [-0.05, 0) is 118 Å². The summed E-state index contributed by atoms with van der Waals surface area (Å²) in [6.07, 6.45) is 15.2. The normalized spacial score (nSPS) is 41.5. The molecule has 0 saturated heterocycles. The maximum Gasteiger partial charge on any atom is 0.304 e. The van der Waals surface area contributed by atoms with Gasteiger partial charge in [-0.3, -0.25) is 4.79 Å².